The third kappa shape index (κ3) is 22.6. The molecule has 7 N–H and O–H groups in total. The van der Waals surface area contributed by atoms with Crippen molar-refractivity contribution in [2.24, 2.45) is 5.73 Å². The Labute approximate surface area is 780 Å². The number of ether oxygens (including phenoxy) is 3. The molecule has 4 atom stereocenters. The second-order valence-electron chi connectivity index (χ2n) is 39.1. The average molecular weight is 1990 g/mol. The van der Waals surface area contributed by atoms with Gasteiger partial charge in [0.05, 0.1) is 105 Å². The zero-order chi connectivity index (χ0) is 100. The summed E-state index contributed by atoms with van der Waals surface area (Å²) in [6.45, 7) is 22.5. The minimum absolute atomic E-state index is 0.00468. The van der Waals surface area contributed by atoms with Gasteiger partial charge in [-0.15, -0.1) is 0 Å². The van der Waals surface area contributed by atoms with E-state index < -0.39 is 134 Å². The van der Waals surface area contributed by atoms with Crippen LogP contribution >= 0.6 is 15.9 Å². The Morgan fingerprint density at radius 1 is 0.456 bits per heavy atom. The first kappa shape index (κ1) is 104. The molecule has 136 heavy (non-hydrogen) atoms. The molecule has 0 bridgehead atoms. The van der Waals surface area contributed by atoms with E-state index in [0.717, 1.165) is 56.7 Å². The lowest BCUT2D eigenvalue weighted by molar-refractivity contribution is -0.173. The molecule has 738 valence electrons. The summed E-state index contributed by atoms with van der Waals surface area (Å²) < 4.78 is 239. The second-order valence-corrected chi connectivity index (χ2v) is 39.8. The van der Waals surface area contributed by atoms with Gasteiger partial charge in [0.1, 0.15) is 51.6 Å². The number of aryl methyl sites for hydroxylation is 4. The molecule has 4 unspecified atom stereocenters. The van der Waals surface area contributed by atoms with E-state index in [0.29, 0.717) is 54.5 Å². The summed E-state index contributed by atoms with van der Waals surface area (Å²) in [7, 11) is 0. The number of aromatic nitrogens is 4. The van der Waals surface area contributed by atoms with Crippen LogP contribution in [0.5, 0.6) is 0 Å². The van der Waals surface area contributed by atoms with Crippen molar-refractivity contribution in [2.45, 2.75) is 263 Å². The second kappa shape index (κ2) is 39.3. The number of pyridine rings is 4. The summed E-state index contributed by atoms with van der Waals surface area (Å²) in [5.74, 6) is -11.6. The summed E-state index contributed by atoms with van der Waals surface area (Å²) in [5, 5.41) is 29.6. The number of fused-ring (bicyclic) bond motifs is 4. The maximum atomic E-state index is 15.5. The van der Waals surface area contributed by atoms with Crippen LogP contribution in [0.2, 0.25) is 0 Å². The van der Waals surface area contributed by atoms with E-state index in [4.69, 9.17) is 25.2 Å². The molecule has 8 aromatic rings. The fourth-order valence-electron chi connectivity index (χ4n) is 17.8. The number of anilines is 3. The molecule has 4 saturated carbocycles. The molecule has 26 nitrogen and oxygen atoms in total. The Morgan fingerprint density at radius 2 is 0.765 bits per heavy atom. The van der Waals surface area contributed by atoms with E-state index in [1.165, 1.54) is 46.0 Å². The number of halogens is 16. The van der Waals surface area contributed by atoms with E-state index in [1.54, 1.807) is 107 Å². The fourth-order valence-corrected chi connectivity index (χ4v) is 18.1. The van der Waals surface area contributed by atoms with Gasteiger partial charge in [-0.1, -0.05) is 6.92 Å². The highest BCUT2D eigenvalue weighted by Crippen LogP contribution is 2.49. The highest BCUT2D eigenvalue weighted by atomic mass is 79.9. The molecule has 4 aliphatic carbocycles. The Balaban J connectivity index is 0.000000157. The predicted molar refractivity (Wildman–Crippen MR) is 484 cm³/mol. The molecule has 16 rings (SSSR count). The number of carbonyl (C=O) groups excluding carboxylic acids is 4. The maximum absolute atomic E-state index is 15.5. The van der Waals surface area contributed by atoms with E-state index in [-0.39, 0.29) is 214 Å². The minimum atomic E-state index is -5.17. The van der Waals surface area contributed by atoms with Crippen LogP contribution in [0.1, 0.15) is 221 Å². The molecular weight excluding hydrogens is 1880 g/mol. The van der Waals surface area contributed by atoms with Gasteiger partial charge in [0.25, 0.3) is 22.2 Å². The van der Waals surface area contributed by atoms with Gasteiger partial charge in [-0.3, -0.25) is 24.0 Å². The molecule has 8 heterocycles. The van der Waals surface area contributed by atoms with Gasteiger partial charge in [-0.2, -0.15) is 23.7 Å². The van der Waals surface area contributed by atoms with Crippen LogP contribution in [0.15, 0.2) is 47.9 Å². The Kier molecular flexibility index (Phi) is 30.0. The first-order valence-corrected chi connectivity index (χ1v) is 45.5. The Bertz CT molecular complexity index is 6430. The van der Waals surface area contributed by atoms with Crippen LogP contribution in [0.25, 0.3) is 43.6 Å². The van der Waals surface area contributed by atoms with Crippen molar-refractivity contribution in [3.05, 3.63) is 161 Å². The lowest BCUT2D eigenvalue weighted by atomic mass is 10.0. The number of amides is 4. The largest absolute Gasteiger partial charge is 0.471 e. The molecule has 4 aromatic carbocycles. The van der Waals surface area contributed by atoms with Gasteiger partial charge >= 0.3 is 30.4 Å². The number of carbonyl (C=O) groups is 4. The van der Waals surface area contributed by atoms with E-state index in [2.05, 4.69) is 37.2 Å². The highest BCUT2D eigenvalue weighted by molar-refractivity contribution is 9.10. The maximum Gasteiger partial charge on any atom is 0.471 e. The molecule has 8 aliphatic rings. The molecule has 0 radical (unpaired) electrons. The number of alkyl carbamates (subject to hydrolysis) is 3. The number of nitrogens with two attached hydrogens (primary N) is 1. The summed E-state index contributed by atoms with van der Waals surface area (Å²) in [4.78, 5) is 101. The summed E-state index contributed by atoms with van der Waals surface area (Å²) in [6, 6.07) is 7.43. The van der Waals surface area contributed by atoms with Gasteiger partial charge in [-0.25, -0.2) is 67.1 Å². The normalized spacial score (nSPS) is 20.5. The molecular formula is C94H109BrF15N15O11. The lowest BCUT2D eigenvalue weighted by Crippen LogP contribution is -2.43. The number of nitriles is 2. The number of hydrogen-bond acceptors (Lipinski definition) is 18. The summed E-state index contributed by atoms with van der Waals surface area (Å²) in [6.07, 6.45) is -0.528. The summed E-state index contributed by atoms with van der Waals surface area (Å²) in [5.41, 5.74) is -3.16. The number of hydrogen-bond donors (Lipinski definition) is 6. The molecule has 0 spiro atoms. The molecule has 42 heteroatoms. The van der Waals surface area contributed by atoms with Crippen LogP contribution in [0.3, 0.4) is 0 Å². The average Bonchev–Trinajstić information content (AvgIpc) is 1.46. The topological polar surface area (TPSA) is 327 Å². The van der Waals surface area contributed by atoms with Crippen molar-refractivity contribution in [2.75, 3.05) is 86.7 Å². The highest BCUT2D eigenvalue weighted by Gasteiger charge is 2.47. The number of alkyl halides is 7. The fraction of sp³-hybridized carbons (Fsp3) is 0.553. The van der Waals surface area contributed by atoms with E-state index in [1.807, 2.05) is 0 Å². The van der Waals surface area contributed by atoms with Gasteiger partial charge < -0.3 is 79.5 Å². The summed E-state index contributed by atoms with van der Waals surface area (Å²) >= 11 is 3.01. The van der Waals surface area contributed by atoms with Gasteiger partial charge in [0, 0.05) is 134 Å². The first-order valence-electron chi connectivity index (χ1n) is 44.7. The van der Waals surface area contributed by atoms with E-state index in [9.17, 15) is 74.4 Å². The number of benzene rings is 4. The van der Waals surface area contributed by atoms with Crippen molar-refractivity contribution >= 4 is 101 Å². The number of nitrogens with zero attached hydrogens (tertiary/aromatic N) is 9. The lowest BCUT2D eigenvalue weighted by Gasteiger charge is -2.27. The van der Waals surface area contributed by atoms with E-state index >= 15 is 35.1 Å². The third-order valence-electron chi connectivity index (χ3n) is 24.8. The standard InChI is InChI=1S/C24H31F3N4O3.C24H27F3N4O3.C22H23F6N3O2.C14H9BrF2N2O.C10H19FN2O2/c2*1-13-20-17(14(10-28)9-16(32)31(20)15-5-6-15)18(25)19(26)21(13)30-8-7-24(27,12-30)11-29-22(33)34-23(2,3)4;1-3-21(25)6-7-30(10-21)19-11(2)18-15(16(23)17(19)24)12(9-29-20(33)22(26,27)28)8-14(32)31(18)13-4-5-13;1-6-11(15)13(17)12(16)10-7(5-18)4-9(20)19(14(6)10)8-2-3-8;1-9(2,3)15-8(14)13-7-10(11)4-5-12-6-10/h9,15H,5-8,10-12,28H2,1-4H3,(H,29,33);9,15H,5-8,11-12H2,1-4H3,(H,29,33);8,13H,3-7,9-10H2,1-2H3,(H,29,33);4,8H,2-3H2,1H3;12H,4-7H2,1-3H3,(H,13,14). The van der Waals surface area contributed by atoms with Crippen LogP contribution in [-0.2, 0) is 32.1 Å². The smallest absolute Gasteiger partial charge is 0.444 e. The molecule has 4 aromatic heterocycles. The van der Waals surface area contributed by atoms with Crippen LogP contribution in [0, 0.1) is 96.9 Å². The predicted octanol–water partition coefficient (Wildman–Crippen LogP) is 17.3. The van der Waals surface area contributed by atoms with Crippen LogP contribution < -0.4 is 69.3 Å². The van der Waals surface area contributed by atoms with Gasteiger partial charge in [0.2, 0.25) is 0 Å². The molecule has 4 amide bonds. The van der Waals surface area contributed by atoms with Crippen LogP contribution in [-0.4, -0.2) is 160 Å². The zero-order valence-electron chi connectivity index (χ0n) is 77.6. The quantitative estimate of drug-likeness (QED) is 0.0280. The number of rotatable bonds is 17. The van der Waals surface area contributed by atoms with Crippen molar-refractivity contribution in [3.8, 4) is 12.1 Å². The molecule has 4 saturated heterocycles. The van der Waals surface area contributed by atoms with Crippen LogP contribution in [0.4, 0.5) is 97.3 Å². The first-order chi connectivity index (χ1) is 63.4. The third-order valence-corrected chi connectivity index (χ3v) is 25.7. The van der Waals surface area contributed by atoms with Crippen molar-refractivity contribution in [1.29, 1.82) is 10.5 Å². The van der Waals surface area contributed by atoms with Crippen molar-refractivity contribution in [1.82, 2.24) is 44.9 Å². The Morgan fingerprint density at radius 3 is 1.08 bits per heavy atom. The Hall–Kier alpha value is -11.3. The minimum Gasteiger partial charge on any atom is -0.444 e. The molecule has 4 aliphatic heterocycles. The SMILES string of the molecule is CC(C)(C)OC(=O)NCC1(F)CCNC1.CCC1(F)CCN(c2c(F)c(F)c3c(CNC(=O)C(F)(F)F)cc(=O)n(C4CC4)c3c2C)C1.Cc1c(Br)c(F)c(F)c2c(C#N)cc(=O)n(C3CC3)c12.Cc1c(N2CCC(F)(CNC(=O)OC(C)(C)C)C2)c(F)c(F)c2c(C#N)cc(=O)n(C3CC3)c12.Cc1c(N2CCC(F)(CNC(=O)OC(C)(C)C)C2)c(F)c(F)c2c(CN)cc(=O)n(C3CC3)c12. The number of nitrogens with one attached hydrogen (secondary N) is 5. The zero-order valence-corrected chi connectivity index (χ0v) is 79.2. The molecule has 8 fully saturated rings. The van der Waals surface area contributed by atoms with Gasteiger partial charge in [-0.05, 0) is 193 Å². The van der Waals surface area contributed by atoms with Crippen molar-refractivity contribution in [3.63, 3.8) is 0 Å². The van der Waals surface area contributed by atoms with Crippen molar-refractivity contribution < 1.29 is 99.2 Å². The van der Waals surface area contributed by atoms with Gasteiger partial charge in [0.15, 0.2) is 46.5 Å². The monoisotopic (exact) mass is 1990 g/mol.